The lowest BCUT2D eigenvalue weighted by atomic mass is 10.3. The summed E-state index contributed by atoms with van der Waals surface area (Å²) in [4.78, 5) is 15.1. The fourth-order valence-electron chi connectivity index (χ4n) is 1.42. The molecule has 1 fully saturated rings. The number of carbonyl (C=O) groups is 1. The first kappa shape index (κ1) is 10.0. The largest absolute Gasteiger partial charge is 0.479 e. The van der Waals surface area contributed by atoms with Gasteiger partial charge < -0.3 is 4.74 Å². The van der Waals surface area contributed by atoms with E-state index >= 15 is 0 Å². The Morgan fingerprint density at radius 1 is 1.67 bits per heavy atom. The van der Waals surface area contributed by atoms with Crippen molar-refractivity contribution >= 4 is 23.2 Å². The van der Waals surface area contributed by atoms with Crippen LogP contribution in [0.25, 0.3) is 0 Å². The number of ether oxygens (including phenoxy) is 1. The van der Waals surface area contributed by atoms with Crippen molar-refractivity contribution in [2.24, 2.45) is 0 Å². The van der Waals surface area contributed by atoms with Crippen molar-refractivity contribution in [3.8, 4) is 5.88 Å². The second-order valence-electron chi connectivity index (χ2n) is 3.12. The fraction of sp³-hybridized carbons (Fsp3) is 0.333. The summed E-state index contributed by atoms with van der Waals surface area (Å²) in [6, 6.07) is 1.71. The third-order valence-corrected chi connectivity index (χ3v) is 2.31. The van der Waals surface area contributed by atoms with E-state index in [1.165, 1.54) is 13.3 Å². The number of amides is 1. The van der Waals surface area contributed by atoms with Gasteiger partial charge in [-0.1, -0.05) is 11.6 Å². The van der Waals surface area contributed by atoms with Gasteiger partial charge in [-0.15, -0.1) is 0 Å². The van der Waals surface area contributed by atoms with E-state index in [9.17, 15) is 4.79 Å². The summed E-state index contributed by atoms with van der Waals surface area (Å²) >= 11 is 5.83. The van der Waals surface area contributed by atoms with Gasteiger partial charge in [-0.25, -0.2) is 4.98 Å². The summed E-state index contributed by atoms with van der Waals surface area (Å²) in [5, 5.41) is 2.19. The van der Waals surface area contributed by atoms with E-state index in [1.807, 2.05) is 0 Å². The molecule has 0 saturated carbocycles. The van der Waals surface area contributed by atoms with Crippen molar-refractivity contribution in [1.82, 2.24) is 10.4 Å². The molecule has 1 N–H and O–H groups in total. The van der Waals surface area contributed by atoms with Gasteiger partial charge in [0.25, 0.3) is 0 Å². The van der Waals surface area contributed by atoms with Crippen molar-refractivity contribution < 1.29 is 9.53 Å². The molecular weight excluding hydrogens is 218 g/mol. The Kier molecular flexibility index (Phi) is 2.64. The van der Waals surface area contributed by atoms with E-state index in [4.69, 9.17) is 16.3 Å². The zero-order valence-corrected chi connectivity index (χ0v) is 8.91. The number of nitrogens with one attached hydrogen (secondary N) is 1. The topological polar surface area (TPSA) is 54.5 Å². The smallest absolute Gasteiger partial charge is 0.240 e. The molecule has 5 nitrogen and oxygen atoms in total. The Morgan fingerprint density at radius 3 is 3.07 bits per heavy atom. The van der Waals surface area contributed by atoms with Gasteiger partial charge >= 0.3 is 0 Å². The molecule has 1 aromatic rings. The lowest BCUT2D eigenvalue weighted by Crippen LogP contribution is -2.33. The van der Waals surface area contributed by atoms with Crippen LogP contribution in [-0.2, 0) is 4.79 Å². The first-order valence-electron chi connectivity index (χ1n) is 4.47. The van der Waals surface area contributed by atoms with Crippen LogP contribution in [0, 0.1) is 0 Å². The van der Waals surface area contributed by atoms with E-state index < -0.39 is 0 Å². The molecule has 0 spiro atoms. The predicted molar refractivity (Wildman–Crippen MR) is 55.9 cm³/mol. The Bertz CT molecular complexity index is 397. The summed E-state index contributed by atoms with van der Waals surface area (Å²) in [6.45, 7) is 0.594. The molecule has 0 aliphatic carbocycles. The number of aromatic nitrogens is 1. The van der Waals surface area contributed by atoms with Crippen LogP contribution in [0.15, 0.2) is 12.3 Å². The number of carbonyl (C=O) groups excluding carboxylic acids is 1. The molecule has 0 atom stereocenters. The average Bonchev–Trinajstić information content (AvgIpc) is 2.65. The minimum Gasteiger partial charge on any atom is -0.479 e. The van der Waals surface area contributed by atoms with Gasteiger partial charge in [0.05, 0.1) is 12.1 Å². The van der Waals surface area contributed by atoms with Crippen molar-refractivity contribution in [3.63, 3.8) is 0 Å². The molecule has 2 heterocycles. The molecule has 0 aromatic carbocycles. The van der Waals surface area contributed by atoms with Gasteiger partial charge in [-0.3, -0.25) is 15.2 Å². The molecule has 2 rings (SSSR count). The van der Waals surface area contributed by atoms with Gasteiger partial charge in [0.15, 0.2) is 0 Å². The van der Waals surface area contributed by atoms with Gasteiger partial charge in [-0.2, -0.15) is 0 Å². The van der Waals surface area contributed by atoms with Crippen LogP contribution in [0.5, 0.6) is 5.88 Å². The number of methoxy groups -OCH3 is 1. The second-order valence-corrected chi connectivity index (χ2v) is 3.55. The minimum absolute atomic E-state index is 0.0166. The maximum atomic E-state index is 11.1. The first-order chi connectivity index (χ1) is 7.20. The number of nitrogens with zero attached hydrogens (tertiary/aromatic N) is 2. The maximum Gasteiger partial charge on any atom is 0.240 e. The molecule has 6 heteroatoms. The number of rotatable bonds is 2. The first-order valence-corrected chi connectivity index (χ1v) is 4.85. The monoisotopic (exact) mass is 227 g/mol. The van der Waals surface area contributed by atoms with Gasteiger partial charge in [0.1, 0.15) is 5.69 Å². The van der Waals surface area contributed by atoms with Crippen LogP contribution in [0.1, 0.15) is 6.42 Å². The molecule has 80 valence electrons. The van der Waals surface area contributed by atoms with E-state index in [0.717, 1.165) is 0 Å². The number of hydrogen-bond acceptors (Lipinski definition) is 4. The van der Waals surface area contributed by atoms with Crippen molar-refractivity contribution in [2.75, 3.05) is 18.7 Å². The highest BCUT2D eigenvalue weighted by molar-refractivity contribution is 6.30. The molecule has 1 saturated heterocycles. The Morgan fingerprint density at radius 2 is 2.47 bits per heavy atom. The lowest BCUT2D eigenvalue weighted by Gasteiger charge is -2.19. The number of hydrogen-bond donors (Lipinski definition) is 1. The number of hydrazine groups is 1. The van der Waals surface area contributed by atoms with E-state index in [1.54, 1.807) is 11.1 Å². The quantitative estimate of drug-likeness (QED) is 0.819. The Hall–Kier alpha value is -1.49. The molecule has 0 bridgehead atoms. The maximum absolute atomic E-state index is 11.1. The summed E-state index contributed by atoms with van der Waals surface area (Å²) in [6.07, 6.45) is 1.97. The van der Waals surface area contributed by atoms with Gasteiger partial charge in [-0.05, 0) is 6.07 Å². The second kappa shape index (κ2) is 3.94. The summed E-state index contributed by atoms with van der Waals surface area (Å²) in [5.74, 6) is 0.429. The van der Waals surface area contributed by atoms with Crippen LogP contribution in [0.4, 0.5) is 5.69 Å². The van der Waals surface area contributed by atoms with Crippen molar-refractivity contribution in [2.45, 2.75) is 6.42 Å². The van der Waals surface area contributed by atoms with Crippen molar-refractivity contribution in [3.05, 3.63) is 17.3 Å². The summed E-state index contributed by atoms with van der Waals surface area (Å²) in [7, 11) is 1.53. The van der Waals surface area contributed by atoms with Gasteiger partial charge in [0, 0.05) is 19.2 Å². The Labute approximate surface area is 92.0 Å². The normalized spacial score (nSPS) is 15.3. The Balaban J connectivity index is 2.33. The predicted octanol–water partition coefficient (Wildman–Crippen LogP) is 0.985. The fourth-order valence-corrected chi connectivity index (χ4v) is 1.58. The third kappa shape index (κ3) is 1.97. The van der Waals surface area contributed by atoms with Crippen LogP contribution in [-0.4, -0.2) is 24.5 Å². The molecule has 1 aliphatic rings. The van der Waals surface area contributed by atoms with E-state index in [-0.39, 0.29) is 5.91 Å². The summed E-state index contributed by atoms with van der Waals surface area (Å²) < 4.78 is 5.09. The molecule has 0 unspecified atom stereocenters. The van der Waals surface area contributed by atoms with Crippen LogP contribution in [0.3, 0.4) is 0 Å². The van der Waals surface area contributed by atoms with Crippen molar-refractivity contribution in [1.29, 1.82) is 0 Å². The highest BCUT2D eigenvalue weighted by atomic mass is 35.5. The third-order valence-electron chi connectivity index (χ3n) is 2.11. The molecule has 1 amide bonds. The highest BCUT2D eigenvalue weighted by Gasteiger charge is 2.22. The molecule has 1 aliphatic heterocycles. The van der Waals surface area contributed by atoms with E-state index in [2.05, 4.69) is 10.4 Å². The minimum atomic E-state index is -0.0166. The summed E-state index contributed by atoms with van der Waals surface area (Å²) in [5.41, 5.74) is 3.36. The number of pyridine rings is 1. The molecule has 1 aromatic heterocycles. The molecular formula is C9H10ClN3O2. The molecule has 0 radical (unpaired) electrons. The number of halogens is 1. The molecule has 15 heavy (non-hydrogen) atoms. The SMILES string of the molecule is COc1ncc(Cl)cc1N1CCC(=O)N1. The zero-order valence-electron chi connectivity index (χ0n) is 8.16. The lowest BCUT2D eigenvalue weighted by molar-refractivity contribution is -0.119. The number of anilines is 1. The van der Waals surface area contributed by atoms with Crippen LogP contribution < -0.4 is 15.2 Å². The average molecular weight is 228 g/mol. The zero-order chi connectivity index (χ0) is 10.8. The van der Waals surface area contributed by atoms with Gasteiger partial charge in [0.2, 0.25) is 11.8 Å². The van der Waals surface area contributed by atoms with E-state index in [0.29, 0.717) is 29.6 Å². The van der Waals surface area contributed by atoms with Crippen LogP contribution in [0.2, 0.25) is 5.02 Å². The highest BCUT2D eigenvalue weighted by Crippen LogP contribution is 2.28. The van der Waals surface area contributed by atoms with Crippen LogP contribution >= 0.6 is 11.6 Å². The standard InChI is InChI=1S/C9H10ClN3O2/c1-15-9-7(4-6(10)5-11-9)13-3-2-8(14)12-13/h4-5H,2-3H2,1H3,(H,12,14).